The second kappa shape index (κ2) is 7.57. The van der Waals surface area contributed by atoms with Crippen LogP contribution in [0.3, 0.4) is 0 Å². The first kappa shape index (κ1) is 17.9. The molecule has 3 rings (SSSR count). The van der Waals surface area contributed by atoms with Gasteiger partial charge in [-0.25, -0.2) is 19.0 Å². The van der Waals surface area contributed by atoms with Crippen molar-refractivity contribution in [1.82, 2.24) is 24.7 Å². The van der Waals surface area contributed by atoms with Gasteiger partial charge in [0.1, 0.15) is 11.6 Å². The number of nitrogens with one attached hydrogen (secondary N) is 1. The highest BCUT2D eigenvalue weighted by molar-refractivity contribution is 5.54. The third-order valence-corrected chi connectivity index (χ3v) is 4.03. The number of aromatic amines is 1. The smallest absolute Gasteiger partial charge is 0.254 e. The number of aromatic nitrogens is 5. The maximum atomic E-state index is 13.5. The number of halogens is 1. The van der Waals surface area contributed by atoms with Crippen molar-refractivity contribution in [2.75, 3.05) is 0 Å². The van der Waals surface area contributed by atoms with E-state index < -0.39 is 6.10 Å². The molecule has 0 saturated carbocycles. The second-order valence-electron chi connectivity index (χ2n) is 6.19. The van der Waals surface area contributed by atoms with E-state index in [9.17, 15) is 14.3 Å². The molecule has 8 heteroatoms. The molecule has 0 radical (unpaired) electrons. The van der Waals surface area contributed by atoms with E-state index in [1.807, 2.05) is 0 Å². The van der Waals surface area contributed by atoms with Crippen LogP contribution in [0.2, 0.25) is 0 Å². The van der Waals surface area contributed by atoms with E-state index in [1.165, 1.54) is 18.5 Å². The van der Waals surface area contributed by atoms with Gasteiger partial charge in [0, 0.05) is 23.2 Å². The Bertz CT molecular complexity index is 964. The number of H-pyrrole nitrogens is 1. The van der Waals surface area contributed by atoms with E-state index in [-0.39, 0.29) is 17.9 Å². The van der Waals surface area contributed by atoms with Crippen LogP contribution in [0.1, 0.15) is 24.0 Å². The van der Waals surface area contributed by atoms with Gasteiger partial charge in [-0.05, 0) is 32.4 Å². The van der Waals surface area contributed by atoms with Crippen LogP contribution in [0.5, 0.6) is 0 Å². The molecule has 0 aliphatic rings. The number of aryl methyl sites for hydroxylation is 2. The third kappa shape index (κ3) is 4.02. The average Bonchev–Trinajstić information content (AvgIpc) is 2.96. The van der Waals surface area contributed by atoms with Crippen molar-refractivity contribution in [3.8, 4) is 11.4 Å². The summed E-state index contributed by atoms with van der Waals surface area (Å²) < 4.78 is 15.1. The van der Waals surface area contributed by atoms with Crippen LogP contribution in [0.4, 0.5) is 4.39 Å². The minimum atomic E-state index is -0.612. The summed E-state index contributed by atoms with van der Waals surface area (Å²) in [6.45, 7) is 3.70. The zero-order valence-electron chi connectivity index (χ0n) is 14.6. The summed E-state index contributed by atoms with van der Waals surface area (Å²) >= 11 is 0. The molecular weight excluding hydrogens is 337 g/mol. The fourth-order valence-electron chi connectivity index (χ4n) is 2.75. The molecule has 1 atom stereocenters. The highest BCUT2D eigenvalue weighted by Gasteiger charge is 2.15. The summed E-state index contributed by atoms with van der Waals surface area (Å²) in [6.07, 6.45) is 1.65. The first-order valence-corrected chi connectivity index (χ1v) is 8.35. The Kier molecular flexibility index (Phi) is 5.22. The Morgan fingerprint density at radius 1 is 1.35 bits per heavy atom. The van der Waals surface area contributed by atoms with Gasteiger partial charge in [0.25, 0.3) is 5.56 Å². The van der Waals surface area contributed by atoms with Crippen LogP contribution >= 0.6 is 0 Å². The Morgan fingerprint density at radius 2 is 2.15 bits per heavy atom. The van der Waals surface area contributed by atoms with E-state index in [4.69, 9.17) is 0 Å². The molecule has 0 amide bonds. The van der Waals surface area contributed by atoms with Crippen molar-refractivity contribution in [3.05, 3.63) is 63.8 Å². The molecule has 0 fully saturated rings. The van der Waals surface area contributed by atoms with Gasteiger partial charge in [0.05, 0.1) is 19.0 Å². The maximum absolute atomic E-state index is 13.5. The molecule has 7 nitrogen and oxygen atoms in total. The third-order valence-electron chi connectivity index (χ3n) is 4.03. The molecule has 26 heavy (non-hydrogen) atoms. The molecular formula is C18H20FN5O2. The fraction of sp³-hybridized carbons (Fsp3) is 0.333. The van der Waals surface area contributed by atoms with Gasteiger partial charge >= 0.3 is 0 Å². The van der Waals surface area contributed by atoms with Gasteiger partial charge < -0.3 is 10.1 Å². The highest BCUT2D eigenvalue weighted by Crippen LogP contribution is 2.18. The topological polar surface area (TPSA) is 96.7 Å². The van der Waals surface area contributed by atoms with Crippen LogP contribution in [0.25, 0.3) is 11.4 Å². The van der Waals surface area contributed by atoms with E-state index >= 15 is 0 Å². The average molecular weight is 357 g/mol. The Labute approximate surface area is 149 Å². The monoisotopic (exact) mass is 357 g/mol. The van der Waals surface area contributed by atoms with Crippen LogP contribution < -0.4 is 5.56 Å². The lowest BCUT2D eigenvalue weighted by Crippen LogP contribution is -2.19. The molecule has 2 heterocycles. The van der Waals surface area contributed by atoms with Gasteiger partial charge in [-0.2, -0.15) is 5.10 Å². The number of nitrogens with zero attached hydrogens (tertiary/aromatic N) is 4. The zero-order valence-corrected chi connectivity index (χ0v) is 14.6. The van der Waals surface area contributed by atoms with Crippen LogP contribution in [-0.4, -0.2) is 35.9 Å². The van der Waals surface area contributed by atoms with Gasteiger partial charge in [-0.3, -0.25) is 4.79 Å². The maximum Gasteiger partial charge on any atom is 0.254 e. The molecule has 3 aromatic rings. The van der Waals surface area contributed by atoms with Crippen LogP contribution in [0.15, 0.2) is 35.4 Å². The summed E-state index contributed by atoms with van der Waals surface area (Å²) in [5, 5.41) is 14.1. The minimum Gasteiger partial charge on any atom is -0.391 e. The van der Waals surface area contributed by atoms with Crippen molar-refractivity contribution in [2.24, 2.45) is 0 Å². The molecule has 1 aromatic carbocycles. The molecule has 0 aliphatic carbocycles. The number of rotatable bonds is 6. The summed E-state index contributed by atoms with van der Waals surface area (Å²) in [5.74, 6) is 0.637. The molecule has 2 aromatic heterocycles. The van der Waals surface area contributed by atoms with E-state index in [2.05, 4.69) is 20.1 Å². The van der Waals surface area contributed by atoms with E-state index in [0.29, 0.717) is 41.3 Å². The van der Waals surface area contributed by atoms with Crippen LogP contribution in [0, 0.1) is 12.7 Å². The predicted octanol–water partition coefficient (Wildman–Crippen LogP) is 1.64. The Balaban J connectivity index is 1.91. The second-order valence-corrected chi connectivity index (χ2v) is 6.19. The standard InChI is InChI=1S/C18H20FN5O2/c1-11(25)9-24-16(7-6-15-12(2)20-10-21-18(15)26)22-17(23-24)13-4-3-5-14(19)8-13/h3-5,8,10-11,25H,6-7,9H2,1-2H3,(H,20,21,26). The number of hydrogen-bond acceptors (Lipinski definition) is 5. The largest absolute Gasteiger partial charge is 0.391 e. The number of benzene rings is 1. The van der Waals surface area contributed by atoms with Crippen molar-refractivity contribution < 1.29 is 9.50 Å². The van der Waals surface area contributed by atoms with Crippen molar-refractivity contribution >= 4 is 0 Å². The summed E-state index contributed by atoms with van der Waals surface area (Å²) in [5.41, 5.74) is 1.64. The van der Waals surface area contributed by atoms with Gasteiger partial charge in [-0.15, -0.1) is 0 Å². The van der Waals surface area contributed by atoms with Gasteiger partial charge in [0.2, 0.25) is 0 Å². The van der Waals surface area contributed by atoms with E-state index in [1.54, 1.807) is 30.7 Å². The fourth-order valence-corrected chi connectivity index (χ4v) is 2.75. The van der Waals surface area contributed by atoms with Gasteiger partial charge in [0.15, 0.2) is 5.82 Å². The van der Waals surface area contributed by atoms with Crippen molar-refractivity contribution in [1.29, 1.82) is 0 Å². The molecule has 2 N–H and O–H groups in total. The van der Waals surface area contributed by atoms with Crippen LogP contribution in [-0.2, 0) is 19.4 Å². The number of aliphatic hydroxyl groups excluding tert-OH is 1. The zero-order chi connectivity index (χ0) is 18.7. The lowest BCUT2D eigenvalue weighted by molar-refractivity contribution is 0.167. The number of aliphatic hydroxyl groups is 1. The molecule has 136 valence electrons. The SMILES string of the molecule is Cc1nc[nH]c(=O)c1CCc1nc(-c2cccc(F)c2)nn1CC(C)O. The molecule has 0 saturated heterocycles. The van der Waals surface area contributed by atoms with Crippen molar-refractivity contribution in [2.45, 2.75) is 39.3 Å². The normalized spacial score (nSPS) is 12.3. The van der Waals surface area contributed by atoms with Crippen molar-refractivity contribution in [3.63, 3.8) is 0 Å². The highest BCUT2D eigenvalue weighted by atomic mass is 19.1. The first-order chi connectivity index (χ1) is 12.4. The Morgan fingerprint density at radius 3 is 2.85 bits per heavy atom. The number of hydrogen-bond donors (Lipinski definition) is 2. The minimum absolute atomic E-state index is 0.176. The summed E-state index contributed by atoms with van der Waals surface area (Å²) in [7, 11) is 0. The quantitative estimate of drug-likeness (QED) is 0.699. The Hall–Kier alpha value is -2.87. The van der Waals surface area contributed by atoms with E-state index in [0.717, 1.165) is 0 Å². The summed E-state index contributed by atoms with van der Waals surface area (Å²) in [4.78, 5) is 23.1. The molecule has 0 bridgehead atoms. The predicted molar refractivity (Wildman–Crippen MR) is 94.1 cm³/mol. The molecule has 0 spiro atoms. The lowest BCUT2D eigenvalue weighted by Gasteiger charge is -2.08. The summed E-state index contributed by atoms with van der Waals surface area (Å²) in [6, 6.07) is 6.04. The first-order valence-electron chi connectivity index (χ1n) is 8.35. The van der Waals surface area contributed by atoms with Gasteiger partial charge in [-0.1, -0.05) is 12.1 Å². The molecule has 1 unspecified atom stereocenters. The molecule has 0 aliphatic heterocycles. The lowest BCUT2D eigenvalue weighted by atomic mass is 10.1.